The lowest BCUT2D eigenvalue weighted by Gasteiger charge is -2.02. The molecule has 7 heteroatoms. The van der Waals surface area contributed by atoms with Crippen LogP contribution >= 0.6 is 11.3 Å². The Balaban J connectivity index is 1.51. The molecule has 0 saturated heterocycles. The van der Waals surface area contributed by atoms with E-state index in [0.29, 0.717) is 15.9 Å². The molecule has 0 fully saturated rings. The van der Waals surface area contributed by atoms with Gasteiger partial charge in [-0.3, -0.25) is 4.79 Å². The Labute approximate surface area is 142 Å². The highest BCUT2D eigenvalue weighted by Crippen LogP contribution is 2.18. The maximum Gasteiger partial charge on any atom is 0.230 e. The quantitative estimate of drug-likeness (QED) is 0.745. The Kier molecular flexibility index (Phi) is 5.12. The molecule has 1 amide bonds. The fourth-order valence-electron chi connectivity index (χ4n) is 1.98. The van der Waals surface area contributed by atoms with Crippen LogP contribution in [0.25, 0.3) is 0 Å². The molecule has 0 radical (unpaired) electrons. The number of rotatable bonds is 6. The zero-order chi connectivity index (χ0) is 16.8. The summed E-state index contributed by atoms with van der Waals surface area (Å²) in [7, 11) is 0. The second-order valence-electron chi connectivity index (χ2n) is 4.95. The Morgan fingerprint density at radius 3 is 2.58 bits per heavy atom. The number of benzene rings is 2. The van der Waals surface area contributed by atoms with Gasteiger partial charge in [-0.25, -0.2) is 4.39 Å². The number of nitrogens with one attached hydrogen (secondary N) is 1. The molecule has 1 aromatic heterocycles. The second kappa shape index (κ2) is 7.65. The lowest BCUT2D eigenvalue weighted by molar-refractivity contribution is -0.115. The summed E-state index contributed by atoms with van der Waals surface area (Å²) in [5.41, 5.74) is 0.930. The first-order chi connectivity index (χ1) is 11.7. The maximum absolute atomic E-state index is 12.8. The van der Waals surface area contributed by atoms with E-state index in [2.05, 4.69) is 15.5 Å². The number of hydrogen-bond acceptors (Lipinski definition) is 5. The summed E-state index contributed by atoms with van der Waals surface area (Å²) in [6.45, 7) is 0.206. The summed E-state index contributed by atoms with van der Waals surface area (Å²) in [6, 6.07) is 15.2. The number of nitrogens with zero attached hydrogens (tertiary/aromatic N) is 2. The zero-order valence-corrected chi connectivity index (χ0v) is 13.4. The molecule has 0 aliphatic heterocycles. The summed E-state index contributed by atoms with van der Waals surface area (Å²) in [6.07, 6.45) is 0.280. The second-order valence-corrected chi connectivity index (χ2v) is 6.02. The molecular weight excluding hydrogens is 329 g/mol. The SMILES string of the molecule is O=C(Cc1ccccc1)Nc1nnc(COc2ccc(F)cc2)s1. The van der Waals surface area contributed by atoms with Crippen LogP contribution < -0.4 is 10.1 Å². The van der Waals surface area contributed by atoms with Crippen molar-refractivity contribution >= 4 is 22.4 Å². The molecule has 0 bridgehead atoms. The normalized spacial score (nSPS) is 10.4. The Bertz CT molecular complexity index is 806. The molecule has 0 aliphatic carbocycles. The molecule has 5 nitrogen and oxygen atoms in total. The van der Waals surface area contributed by atoms with E-state index >= 15 is 0 Å². The first-order valence-electron chi connectivity index (χ1n) is 7.23. The van der Waals surface area contributed by atoms with Crippen molar-refractivity contribution < 1.29 is 13.9 Å². The van der Waals surface area contributed by atoms with Gasteiger partial charge < -0.3 is 10.1 Å². The van der Waals surface area contributed by atoms with E-state index in [-0.39, 0.29) is 24.8 Å². The molecule has 2 aromatic carbocycles. The van der Waals surface area contributed by atoms with E-state index in [9.17, 15) is 9.18 Å². The van der Waals surface area contributed by atoms with Crippen molar-refractivity contribution in [2.75, 3.05) is 5.32 Å². The van der Waals surface area contributed by atoms with Crippen LogP contribution in [0.2, 0.25) is 0 Å². The predicted octanol–water partition coefficient (Wildman–Crippen LogP) is 3.44. The lowest BCUT2D eigenvalue weighted by atomic mass is 10.1. The van der Waals surface area contributed by atoms with Gasteiger partial charge in [0.05, 0.1) is 6.42 Å². The van der Waals surface area contributed by atoms with Gasteiger partial charge in [0.15, 0.2) is 5.01 Å². The summed E-state index contributed by atoms with van der Waals surface area (Å²) >= 11 is 1.24. The average molecular weight is 343 g/mol. The molecule has 3 rings (SSSR count). The molecule has 1 heterocycles. The highest BCUT2D eigenvalue weighted by Gasteiger charge is 2.09. The van der Waals surface area contributed by atoms with Crippen molar-refractivity contribution in [3.05, 3.63) is 71.0 Å². The van der Waals surface area contributed by atoms with Crippen LogP contribution in [0, 0.1) is 5.82 Å². The van der Waals surface area contributed by atoms with Crippen molar-refractivity contribution in [3.8, 4) is 5.75 Å². The van der Waals surface area contributed by atoms with Gasteiger partial charge in [-0.2, -0.15) is 0 Å². The standard InChI is InChI=1S/C17H14FN3O2S/c18-13-6-8-14(9-7-13)23-11-16-20-21-17(24-16)19-15(22)10-12-4-2-1-3-5-12/h1-9H,10-11H2,(H,19,21,22). The number of carbonyl (C=O) groups excluding carboxylic acids is 1. The van der Waals surface area contributed by atoms with Crippen LogP contribution in [0.3, 0.4) is 0 Å². The van der Waals surface area contributed by atoms with Gasteiger partial charge in [-0.15, -0.1) is 10.2 Å². The van der Waals surface area contributed by atoms with Gasteiger partial charge >= 0.3 is 0 Å². The summed E-state index contributed by atoms with van der Waals surface area (Å²) in [5.74, 6) is 0.0753. The van der Waals surface area contributed by atoms with Crippen LogP contribution in [0.1, 0.15) is 10.6 Å². The molecule has 3 aromatic rings. The smallest absolute Gasteiger partial charge is 0.230 e. The van der Waals surface area contributed by atoms with E-state index in [0.717, 1.165) is 5.56 Å². The van der Waals surface area contributed by atoms with Gasteiger partial charge in [-0.1, -0.05) is 41.7 Å². The number of carbonyl (C=O) groups is 1. The topological polar surface area (TPSA) is 64.1 Å². The van der Waals surface area contributed by atoms with Crippen LogP contribution in [0.5, 0.6) is 5.75 Å². The molecular formula is C17H14FN3O2S. The van der Waals surface area contributed by atoms with Crippen LogP contribution in [0.4, 0.5) is 9.52 Å². The van der Waals surface area contributed by atoms with E-state index < -0.39 is 0 Å². The van der Waals surface area contributed by atoms with E-state index in [1.807, 2.05) is 30.3 Å². The van der Waals surface area contributed by atoms with E-state index in [1.165, 1.54) is 23.5 Å². The van der Waals surface area contributed by atoms with Gasteiger partial charge in [0.1, 0.15) is 18.2 Å². The van der Waals surface area contributed by atoms with Crippen LogP contribution in [0.15, 0.2) is 54.6 Å². The highest BCUT2D eigenvalue weighted by molar-refractivity contribution is 7.15. The highest BCUT2D eigenvalue weighted by atomic mass is 32.1. The van der Waals surface area contributed by atoms with Gasteiger partial charge in [0.25, 0.3) is 0 Å². The molecule has 1 N–H and O–H groups in total. The number of ether oxygens (including phenoxy) is 1. The fourth-order valence-corrected chi connectivity index (χ4v) is 2.65. The van der Waals surface area contributed by atoms with Crippen molar-refractivity contribution in [3.63, 3.8) is 0 Å². The van der Waals surface area contributed by atoms with Crippen molar-refractivity contribution in [1.29, 1.82) is 0 Å². The summed E-state index contributed by atoms with van der Waals surface area (Å²) in [4.78, 5) is 12.0. The van der Waals surface area contributed by atoms with Gasteiger partial charge in [-0.05, 0) is 29.8 Å². The minimum Gasteiger partial charge on any atom is -0.486 e. The Hall–Kier alpha value is -2.80. The average Bonchev–Trinajstić information content (AvgIpc) is 3.02. The number of amides is 1. The summed E-state index contributed by atoms with van der Waals surface area (Å²) in [5, 5.41) is 11.6. The molecule has 0 atom stereocenters. The predicted molar refractivity (Wildman–Crippen MR) is 89.4 cm³/mol. The molecule has 0 unspecified atom stereocenters. The molecule has 122 valence electrons. The van der Waals surface area contributed by atoms with Crippen LogP contribution in [-0.2, 0) is 17.8 Å². The van der Waals surface area contributed by atoms with Crippen LogP contribution in [-0.4, -0.2) is 16.1 Å². The number of halogens is 1. The monoisotopic (exact) mass is 343 g/mol. The number of hydrogen-bond donors (Lipinski definition) is 1. The van der Waals surface area contributed by atoms with Crippen molar-refractivity contribution in [1.82, 2.24) is 10.2 Å². The third-order valence-corrected chi connectivity index (χ3v) is 3.91. The number of anilines is 1. The molecule has 0 saturated carbocycles. The fraction of sp³-hybridized carbons (Fsp3) is 0.118. The molecule has 24 heavy (non-hydrogen) atoms. The first-order valence-corrected chi connectivity index (χ1v) is 8.05. The van der Waals surface area contributed by atoms with Gasteiger partial charge in [0.2, 0.25) is 11.0 Å². The first kappa shape index (κ1) is 16.1. The Morgan fingerprint density at radius 1 is 1.08 bits per heavy atom. The van der Waals surface area contributed by atoms with Crippen molar-refractivity contribution in [2.24, 2.45) is 0 Å². The maximum atomic E-state index is 12.8. The molecule has 0 aliphatic rings. The minimum absolute atomic E-state index is 0.150. The largest absolute Gasteiger partial charge is 0.486 e. The van der Waals surface area contributed by atoms with E-state index in [1.54, 1.807) is 12.1 Å². The summed E-state index contributed by atoms with van der Waals surface area (Å²) < 4.78 is 18.3. The van der Waals surface area contributed by atoms with E-state index in [4.69, 9.17) is 4.74 Å². The minimum atomic E-state index is -0.318. The zero-order valence-electron chi connectivity index (χ0n) is 12.6. The van der Waals surface area contributed by atoms with Gasteiger partial charge in [0, 0.05) is 0 Å². The van der Waals surface area contributed by atoms with Crippen molar-refractivity contribution in [2.45, 2.75) is 13.0 Å². The number of aromatic nitrogens is 2. The third kappa shape index (κ3) is 4.60. The Morgan fingerprint density at radius 2 is 1.83 bits per heavy atom. The molecule has 0 spiro atoms. The third-order valence-electron chi connectivity index (χ3n) is 3.10. The lowest BCUT2D eigenvalue weighted by Crippen LogP contribution is -2.14.